The van der Waals surface area contributed by atoms with Gasteiger partial charge in [0.15, 0.2) is 0 Å². The lowest BCUT2D eigenvalue weighted by molar-refractivity contribution is -0.0223. The summed E-state index contributed by atoms with van der Waals surface area (Å²) in [7, 11) is 0. The minimum atomic E-state index is -0.152. The fourth-order valence-electron chi connectivity index (χ4n) is 0.755. The van der Waals surface area contributed by atoms with Crippen LogP contribution < -0.4 is 5.32 Å². The first-order valence-corrected chi connectivity index (χ1v) is 3.26. The zero-order valence-electron chi connectivity index (χ0n) is 6.23. The summed E-state index contributed by atoms with van der Waals surface area (Å²) in [6.45, 7) is 4.98. The molecule has 1 aliphatic rings. The smallest absolute Gasteiger partial charge is 0.148 e. The molecule has 0 saturated carbocycles. The Morgan fingerprint density at radius 2 is 2.40 bits per heavy atom. The number of hydrogen-bond acceptors (Lipinski definition) is 3. The van der Waals surface area contributed by atoms with Crippen LogP contribution in [0.2, 0.25) is 0 Å². The van der Waals surface area contributed by atoms with Gasteiger partial charge >= 0.3 is 0 Å². The van der Waals surface area contributed by atoms with Crippen LogP contribution in [0.5, 0.6) is 0 Å². The molecule has 0 bridgehead atoms. The molecule has 56 valence electrons. The van der Waals surface area contributed by atoms with E-state index in [0.29, 0.717) is 18.8 Å². The Balaban J connectivity index is 2.54. The molecule has 3 nitrogen and oxygen atoms in total. The van der Waals surface area contributed by atoms with Gasteiger partial charge in [0.2, 0.25) is 0 Å². The molecule has 0 aliphatic carbocycles. The van der Waals surface area contributed by atoms with Gasteiger partial charge in [0.1, 0.15) is 11.6 Å². The van der Waals surface area contributed by atoms with Crippen LogP contribution in [0.3, 0.4) is 0 Å². The van der Waals surface area contributed by atoms with Crippen LogP contribution >= 0.6 is 0 Å². The predicted molar refractivity (Wildman–Crippen MR) is 37.2 cm³/mol. The number of hydrogen-bond donors (Lipinski definition) is 1. The van der Waals surface area contributed by atoms with Crippen LogP contribution in [0.25, 0.3) is 0 Å². The standard InChI is InChI=1S/C7H11NO2/c1-7(2)5-8-6(3-9)4-10-7/h8H,4-5H2,1-2H3. The van der Waals surface area contributed by atoms with Gasteiger partial charge in [-0.1, -0.05) is 0 Å². The number of ether oxygens (including phenoxy) is 1. The van der Waals surface area contributed by atoms with E-state index in [-0.39, 0.29) is 5.60 Å². The van der Waals surface area contributed by atoms with Crippen molar-refractivity contribution in [3.63, 3.8) is 0 Å². The van der Waals surface area contributed by atoms with Gasteiger partial charge in [0.05, 0.1) is 12.2 Å². The minimum Gasteiger partial charge on any atom is -0.375 e. The van der Waals surface area contributed by atoms with Crippen LogP contribution in [0.15, 0.2) is 5.70 Å². The topological polar surface area (TPSA) is 38.3 Å². The van der Waals surface area contributed by atoms with Crippen molar-refractivity contribution >= 4 is 5.94 Å². The summed E-state index contributed by atoms with van der Waals surface area (Å²) in [5, 5.41) is 2.93. The molecule has 1 heterocycles. The molecule has 1 fully saturated rings. The van der Waals surface area contributed by atoms with Crippen LogP contribution in [0, 0.1) is 0 Å². The lowest BCUT2D eigenvalue weighted by atomic mass is 10.1. The molecular formula is C7H11NO2. The Morgan fingerprint density at radius 3 is 2.80 bits per heavy atom. The zero-order valence-corrected chi connectivity index (χ0v) is 6.23. The maximum atomic E-state index is 10.1. The lowest BCUT2D eigenvalue weighted by Gasteiger charge is -2.31. The molecule has 0 radical (unpaired) electrons. The van der Waals surface area contributed by atoms with E-state index in [9.17, 15) is 4.79 Å². The summed E-state index contributed by atoms with van der Waals surface area (Å²) in [5.41, 5.74) is 0.361. The monoisotopic (exact) mass is 141 g/mol. The molecule has 0 amide bonds. The number of morpholine rings is 1. The van der Waals surface area contributed by atoms with Crippen molar-refractivity contribution in [2.24, 2.45) is 0 Å². The number of carbonyl (C=O) groups excluding carboxylic acids is 1. The fourth-order valence-corrected chi connectivity index (χ4v) is 0.755. The molecule has 0 spiro atoms. The highest BCUT2D eigenvalue weighted by Gasteiger charge is 2.23. The quantitative estimate of drug-likeness (QED) is 0.486. The van der Waals surface area contributed by atoms with Crippen LogP contribution in [0.4, 0.5) is 0 Å². The molecule has 3 heteroatoms. The van der Waals surface area contributed by atoms with Crippen molar-refractivity contribution in [2.45, 2.75) is 19.4 Å². The van der Waals surface area contributed by atoms with Crippen molar-refractivity contribution in [3.05, 3.63) is 5.70 Å². The highest BCUT2D eigenvalue weighted by molar-refractivity contribution is 5.52. The molecule has 0 atom stereocenters. The second kappa shape index (κ2) is 2.45. The first kappa shape index (κ1) is 7.32. The van der Waals surface area contributed by atoms with Crippen LogP contribution in [-0.2, 0) is 9.53 Å². The van der Waals surface area contributed by atoms with Gasteiger partial charge in [-0.25, -0.2) is 4.79 Å². The average Bonchev–Trinajstić information content (AvgIpc) is 1.88. The molecule has 1 aliphatic heterocycles. The number of nitrogens with one attached hydrogen (secondary N) is 1. The Morgan fingerprint density at radius 1 is 1.70 bits per heavy atom. The van der Waals surface area contributed by atoms with E-state index >= 15 is 0 Å². The summed E-state index contributed by atoms with van der Waals surface area (Å²) in [5.74, 6) is 1.77. The Bertz CT molecular complexity index is 168. The molecule has 0 aromatic rings. The third kappa shape index (κ3) is 1.59. The van der Waals surface area contributed by atoms with E-state index in [4.69, 9.17) is 4.74 Å². The third-order valence-corrected chi connectivity index (χ3v) is 1.46. The zero-order chi connectivity index (χ0) is 7.61. The van der Waals surface area contributed by atoms with Crippen molar-refractivity contribution < 1.29 is 9.53 Å². The van der Waals surface area contributed by atoms with Gasteiger partial charge in [0, 0.05) is 6.54 Å². The molecular weight excluding hydrogens is 130 g/mol. The highest BCUT2D eigenvalue weighted by atomic mass is 16.5. The molecule has 10 heavy (non-hydrogen) atoms. The SMILES string of the molecule is CC1(C)CNC(=C=O)CO1. The van der Waals surface area contributed by atoms with Crippen molar-refractivity contribution in [1.29, 1.82) is 0 Å². The first-order valence-electron chi connectivity index (χ1n) is 3.26. The third-order valence-electron chi connectivity index (χ3n) is 1.46. The molecule has 1 rings (SSSR count). The Labute approximate surface area is 60.1 Å². The summed E-state index contributed by atoms with van der Waals surface area (Å²) >= 11 is 0. The second-order valence-corrected chi connectivity index (χ2v) is 2.98. The summed E-state index contributed by atoms with van der Waals surface area (Å²) in [6, 6.07) is 0. The summed E-state index contributed by atoms with van der Waals surface area (Å²) in [6.07, 6.45) is 0. The average molecular weight is 141 g/mol. The lowest BCUT2D eigenvalue weighted by Crippen LogP contribution is -2.44. The second-order valence-electron chi connectivity index (χ2n) is 2.98. The molecule has 0 aromatic heterocycles. The van der Waals surface area contributed by atoms with Crippen LogP contribution in [-0.4, -0.2) is 24.7 Å². The fraction of sp³-hybridized carbons (Fsp3) is 0.714. The van der Waals surface area contributed by atoms with Gasteiger partial charge in [0.25, 0.3) is 0 Å². The van der Waals surface area contributed by atoms with E-state index < -0.39 is 0 Å². The normalized spacial score (nSPS) is 23.2. The van der Waals surface area contributed by atoms with Crippen molar-refractivity contribution in [1.82, 2.24) is 5.32 Å². The van der Waals surface area contributed by atoms with Crippen LogP contribution in [0.1, 0.15) is 13.8 Å². The van der Waals surface area contributed by atoms with E-state index in [1.54, 1.807) is 5.94 Å². The van der Waals surface area contributed by atoms with Crippen molar-refractivity contribution in [3.8, 4) is 0 Å². The maximum Gasteiger partial charge on any atom is 0.148 e. The molecule has 0 unspecified atom stereocenters. The predicted octanol–water partition coefficient (Wildman–Crippen LogP) is 0.100. The highest BCUT2D eigenvalue weighted by Crippen LogP contribution is 2.12. The summed E-state index contributed by atoms with van der Waals surface area (Å²) < 4.78 is 5.31. The molecule has 1 N–H and O–H groups in total. The van der Waals surface area contributed by atoms with Gasteiger partial charge in [-0.2, -0.15) is 0 Å². The maximum absolute atomic E-state index is 10.1. The largest absolute Gasteiger partial charge is 0.375 e. The minimum absolute atomic E-state index is 0.152. The van der Waals surface area contributed by atoms with Gasteiger partial charge in [-0.05, 0) is 13.8 Å². The Hall–Kier alpha value is -0.790. The molecule has 0 aromatic carbocycles. The summed E-state index contributed by atoms with van der Waals surface area (Å²) in [4.78, 5) is 10.1. The first-order chi connectivity index (χ1) is 4.64. The van der Waals surface area contributed by atoms with E-state index in [0.717, 1.165) is 0 Å². The van der Waals surface area contributed by atoms with E-state index in [2.05, 4.69) is 5.32 Å². The number of rotatable bonds is 0. The van der Waals surface area contributed by atoms with Gasteiger partial charge in [-0.3, -0.25) is 0 Å². The Kier molecular flexibility index (Phi) is 1.79. The van der Waals surface area contributed by atoms with E-state index in [1.165, 1.54) is 0 Å². The van der Waals surface area contributed by atoms with E-state index in [1.807, 2.05) is 13.8 Å². The molecule has 1 saturated heterocycles. The van der Waals surface area contributed by atoms with Gasteiger partial charge < -0.3 is 10.1 Å². The van der Waals surface area contributed by atoms with Gasteiger partial charge in [-0.15, -0.1) is 0 Å². The van der Waals surface area contributed by atoms with Crippen molar-refractivity contribution in [2.75, 3.05) is 13.2 Å².